The highest BCUT2D eigenvalue weighted by Crippen LogP contribution is 2.17. The monoisotopic (exact) mass is 229 g/mol. The second kappa shape index (κ2) is 6.48. The third-order valence-corrected chi connectivity index (χ3v) is 2.73. The van der Waals surface area contributed by atoms with Crippen molar-refractivity contribution in [3.63, 3.8) is 0 Å². The first-order valence-electron chi connectivity index (χ1n) is 5.76. The van der Waals surface area contributed by atoms with Gasteiger partial charge in [-0.15, -0.1) is 0 Å². The Morgan fingerprint density at radius 3 is 2.88 bits per heavy atom. The third-order valence-electron chi connectivity index (χ3n) is 2.73. The summed E-state index contributed by atoms with van der Waals surface area (Å²) in [5.41, 5.74) is 0. The number of amides is 1. The van der Waals surface area contributed by atoms with E-state index >= 15 is 0 Å². The van der Waals surface area contributed by atoms with E-state index in [1.807, 2.05) is 6.92 Å². The summed E-state index contributed by atoms with van der Waals surface area (Å²) >= 11 is 0. The van der Waals surface area contributed by atoms with Gasteiger partial charge in [-0.2, -0.15) is 0 Å². The first-order valence-corrected chi connectivity index (χ1v) is 5.76. The zero-order valence-electron chi connectivity index (χ0n) is 9.65. The molecule has 16 heavy (non-hydrogen) atoms. The number of unbranched alkanes of at least 4 members (excludes halogenated alkanes) is 1. The van der Waals surface area contributed by atoms with Gasteiger partial charge in [0.15, 0.2) is 0 Å². The molecule has 0 spiro atoms. The molecule has 1 amide bonds. The van der Waals surface area contributed by atoms with E-state index in [1.165, 1.54) is 4.90 Å². The van der Waals surface area contributed by atoms with Gasteiger partial charge in [-0.25, -0.2) is 4.79 Å². The Morgan fingerprint density at radius 1 is 1.50 bits per heavy atom. The summed E-state index contributed by atoms with van der Waals surface area (Å²) in [6, 6.07) is -0.651. The van der Waals surface area contributed by atoms with Crippen molar-refractivity contribution in [3.8, 4) is 0 Å². The molecular weight excluding hydrogens is 210 g/mol. The van der Waals surface area contributed by atoms with Gasteiger partial charge in [0.1, 0.15) is 12.6 Å². The van der Waals surface area contributed by atoms with Crippen molar-refractivity contribution < 1.29 is 19.4 Å². The summed E-state index contributed by atoms with van der Waals surface area (Å²) in [6.45, 7) is 3.15. The minimum Gasteiger partial charge on any atom is -0.480 e. The fraction of sp³-hybridized carbons (Fsp3) is 0.818. The molecular formula is C11H19NO4. The molecule has 1 aliphatic rings. The predicted molar refractivity (Wildman–Crippen MR) is 58.1 cm³/mol. The van der Waals surface area contributed by atoms with Gasteiger partial charge in [0.2, 0.25) is 5.91 Å². The largest absolute Gasteiger partial charge is 0.480 e. The van der Waals surface area contributed by atoms with Crippen molar-refractivity contribution in [2.24, 2.45) is 0 Å². The Kier molecular flexibility index (Phi) is 5.25. The van der Waals surface area contributed by atoms with Crippen LogP contribution in [0.4, 0.5) is 0 Å². The van der Waals surface area contributed by atoms with Gasteiger partial charge < -0.3 is 14.7 Å². The molecule has 1 rings (SSSR count). The summed E-state index contributed by atoms with van der Waals surface area (Å²) in [7, 11) is 0. The number of hydrogen-bond donors (Lipinski definition) is 1. The SMILES string of the molecule is CCCCOCC(=O)N1CCC[C@H]1C(=O)O. The summed E-state index contributed by atoms with van der Waals surface area (Å²) < 4.78 is 5.19. The Labute approximate surface area is 95.4 Å². The lowest BCUT2D eigenvalue weighted by atomic mass is 10.2. The molecule has 1 fully saturated rings. The summed E-state index contributed by atoms with van der Waals surface area (Å²) in [6.07, 6.45) is 3.26. The quantitative estimate of drug-likeness (QED) is 0.686. The molecule has 1 atom stereocenters. The van der Waals surface area contributed by atoms with Crippen molar-refractivity contribution in [2.45, 2.75) is 38.6 Å². The molecule has 1 saturated heterocycles. The van der Waals surface area contributed by atoms with Crippen molar-refractivity contribution >= 4 is 11.9 Å². The molecule has 0 bridgehead atoms. The van der Waals surface area contributed by atoms with Crippen LogP contribution in [0.2, 0.25) is 0 Å². The lowest BCUT2D eigenvalue weighted by molar-refractivity contribution is -0.150. The maximum absolute atomic E-state index is 11.7. The zero-order chi connectivity index (χ0) is 12.0. The number of carboxylic acids is 1. The smallest absolute Gasteiger partial charge is 0.326 e. The van der Waals surface area contributed by atoms with E-state index in [9.17, 15) is 9.59 Å². The molecule has 0 saturated carbocycles. The van der Waals surface area contributed by atoms with Crippen molar-refractivity contribution in [2.75, 3.05) is 19.8 Å². The maximum atomic E-state index is 11.7. The van der Waals surface area contributed by atoms with E-state index in [2.05, 4.69) is 0 Å². The molecule has 0 aromatic carbocycles. The number of aliphatic carboxylic acids is 1. The fourth-order valence-corrected chi connectivity index (χ4v) is 1.81. The number of likely N-dealkylation sites (tertiary alicyclic amines) is 1. The van der Waals surface area contributed by atoms with Crippen LogP contribution < -0.4 is 0 Å². The standard InChI is InChI=1S/C11H19NO4/c1-2-3-7-16-8-10(13)12-6-4-5-9(12)11(14)15/h9H,2-8H2,1H3,(H,14,15)/t9-/m0/s1. The number of hydrogen-bond acceptors (Lipinski definition) is 3. The van der Waals surface area contributed by atoms with Gasteiger partial charge in [0.25, 0.3) is 0 Å². The Morgan fingerprint density at radius 2 is 2.25 bits per heavy atom. The second-order valence-electron chi connectivity index (χ2n) is 3.99. The summed E-state index contributed by atoms with van der Waals surface area (Å²) in [4.78, 5) is 23.9. The van der Waals surface area contributed by atoms with Crippen LogP contribution in [0.25, 0.3) is 0 Å². The number of carboxylic acid groups (broad SMARTS) is 1. The molecule has 0 aliphatic carbocycles. The van der Waals surface area contributed by atoms with Crippen LogP contribution >= 0.6 is 0 Å². The van der Waals surface area contributed by atoms with Gasteiger partial charge in [-0.1, -0.05) is 13.3 Å². The molecule has 5 heteroatoms. The van der Waals surface area contributed by atoms with E-state index in [-0.39, 0.29) is 12.5 Å². The highest BCUT2D eigenvalue weighted by atomic mass is 16.5. The van der Waals surface area contributed by atoms with Crippen molar-refractivity contribution in [1.29, 1.82) is 0 Å². The van der Waals surface area contributed by atoms with E-state index in [1.54, 1.807) is 0 Å². The Hall–Kier alpha value is -1.10. The summed E-state index contributed by atoms with van der Waals surface area (Å²) in [5.74, 6) is -1.12. The Bertz CT molecular complexity index is 254. The molecule has 1 heterocycles. The first kappa shape index (κ1) is 13.0. The Balaban J connectivity index is 2.32. The van der Waals surface area contributed by atoms with Gasteiger partial charge in [-0.05, 0) is 19.3 Å². The summed E-state index contributed by atoms with van der Waals surface area (Å²) in [5, 5.41) is 8.91. The van der Waals surface area contributed by atoms with E-state index < -0.39 is 12.0 Å². The second-order valence-corrected chi connectivity index (χ2v) is 3.99. The minimum atomic E-state index is -0.917. The molecule has 0 aromatic heterocycles. The molecule has 5 nitrogen and oxygen atoms in total. The number of nitrogens with zero attached hydrogens (tertiary/aromatic N) is 1. The van der Waals surface area contributed by atoms with Crippen LogP contribution in [0.3, 0.4) is 0 Å². The molecule has 92 valence electrons. The highest BCUT2D eigenvalue weighted by molar-refractivity contribution is 5.84. The van der Waals surface area contributed by atoms with Crippen molar-refractivity contribution in [3.05, 3.63) is 0 Å². The van der Waals surface area contributed by atoms with E-state index in [0.29, 0.717) is 19.6 Å². The number of rotatable bonds is 6. The average molecular weight is 229 g/mol. The van der Waals surface area contributed by atoms with Crippen LogP contribution in [-0.4, -0.2) is 47.7 Å². The van der Waals surface area contributed by atoms with Crippen LogP contribution in [0, 0.1) is 0 Å². The average Bonchev–Trinajstić information content (AvgIpc) is 2.73. The van der Waals surface area contributed by atoms with Crippen molar-refractivity contribution in [1.82, 2.24) is 4.90 Å². The lowest BCUT2D eigenvalue weighted by Crippen LogP contribution is -2.42. The minimum absolute atomic E-state index is 0.00375. The van der Waals surface area contributed by atoms with Gasteiger partial charge in [0.05, 0.1) is 0 Å². The van der Waals surface area contributed by atoms with E-state index in [0.717, 1.165) is 19.3 Å². The van der Waals surface area contributed by atoms with Gasteiger partial charge in [-0.3, -0.25) is 4.79 Å². The zero-order valence-corrected chi connectivity index (χ0v) is 9.65. The van der Waals surface area contributed by atoms with Gasteiger partial charge >= 0.3 is 5.97 Å². The van der Waals surface area contributed by atoms with Crippen LogP contribution in [0.5, 0.6) is 0 Å². The van der Waals surface area contributed by atoms with Gasteiger partial charge in [0, 0.05) is 13.2 Å². The predicted octanol–water partition coefficient (Wildman–Crippen LogP) is 0.879. The molecule has 0 unspecified atom stereocenters. The van der Waals surface area contributed by atoms with Crippen LogP contribution in [-0.2, 0) is 14.3 Å². The molecule has 1 N–H and O–H groups in total. The topological polar surface area (TPSA) is 66.8 Å². The van der Waals surface area contributed by atoms with Crippen LogP contribution in [0.1, 0.15) is 32.6 Å². The number of carbonyl (C=O) groups is 2. The number of carbonyl (C=O) groups excluding carboxylic acids is 1. The molecule has 0 radical (unpaired) electrons. The fourth-order valence-electron chi connectivity index (χ4n) is 1.81. The van der Waals surface area contributed by atoms with Crippen LogP contribution in [0.15, 0.2) is 0 Å². The molecule has 0 aromatic rings. The van der Waals surface area contributed by atoms with E-state index in [4.69, 9.17) is 9.84 Å². The maximum Gasteiger partial charge on any atom is 0.326 e. The number of ether oxygens (including phenoxy) is 1. The third kappa shape index (κ3) is 3.48. The normalized spacial score (nSPS) is 20.1. The molecule has 1 aliphatic heterocycles. The lowest BCUT2D eigenvalue weighted by Gasteiger charge is -2.21. The highest BCUT2D eigenvalue weighted by Gasteiger charge is 2.33. The first-order chi connectivity index (χ1) is 7.66.